The highest BCUT2D eigenvalue weighted by atomic mass is 16.7. The van der Waals surface area contributed by atoms with E-state index in [1.165, 1.54) is 0 Å². The molecule has 20 heavy (non-hydrogen) atoms. The molecule has 2 rings (SSSR count). The lowest BCUT2D eigenvalue weighted by Crippen LogP contribution is -2.34. The van der Waals surface area contributed by atoms with Gasteiger partial charge in [0.05, 0.1) is 6.61 Å². The second-order valence-corrected chi connectivity index (χ2v) is 3.97. The zero-order valence-electron chi connectivity index (χ0n) is 11.1. The average molecular weight is 280 g/mol. The lowest BCUT2D eigenvalue weighted by atomic mass is 10.2. The van der Waals surface area contributed by atoms with Crippen LogP contribution < -0.4 is 20.1 Å². The maximum atomic E-state index is 11.9. The van der Waals surface area contributed by atoms with Gasteiger partial charge in [-0.05, 0) is 25.1 Å². The fourth-order valence-corrected chi connectivity index (χ4v) is 1.66. The third kappa shape index (κ3) is 3.53. The molecule has 108 valence electrons. The summed E-state index contributed by atoms with van der Waals surface area (Å²) in [7, 11) is 0. The first-order valence-electron chi connectivity index (χ1n) is 6.29. The number of hydrogen-bond donors (Lipinski definition) is 2. The van der Waals surface area contributed by atoms with Crippen molar-refractivity contribution in [3.8, 4) is 11.5 Å². The molecule has 0 spiro atoms. The number of alkyl carbamates (subject to hydrolysis) is 1. The van der Waals surface area contributed by atoms with Crippen LogP contribution in [0.15, 0.2) is 18.2 Å². The first kappa shape index (κ1) is 14.0. The van der Waals surface area contributed by atoms with Crippen molar-refractivity contribution in [1.29, 1.82) is 0 Å². The lowest BCUT2D eigenvalue weighted by Gasteiger charge is -2.07. The van der Waals surface area contributed by atoms with Crippen LogP contribution in [0.4, 0.5) is 4.79 Å². The zero-order valence-corrected chi connectivity index (χ0v) is 11.1. The molecule has 0 aromatic heterocycles. The van der Waals surface area contributed by atoms with E-state index in [0.29, 0.717) is 36.8 Å². The van der Waals surface area contributed by atoms with E-state index >= 15 is 0 Å². The largest absolute Gasteiger partial charge is 0.454 e. The first-order chi connectivity index (χ1) is 9.70. The lowest BCUT2D eigenvalue weighted by molar-refractivity contribution is 0.0952. The van der Waals surface area contributed by atoms with E-state index in [1.54, 1.807) is 25.1 Å². The molecule has 2 amide bonds. The molecule has 1 aliphatic heterocycles. The Morgan fingerprint density at radius 1 is 1.20 bits per heavy atom. The number of fused-ring (bicyclic) bond motifs is 1. The van der Waals surface area contributed by atoms with E-state index in [2.05, 4.69) is 10.6 Å². The van der Waals surface area contributed by atoms with Crippen molar-refractivity contribution < 1.29 is 23.8 Å². The van der Waals surface area contributed by atoms with Crippen molar-refractivity contribution in [1.82, 2.24) is 10.6 Å². The quantitative estimate of drug-likeness (QED) is 0.782. The van der Waals surface area contributed by atoms with Crippen molar-refractivity contribution in [2.24, 2.45) is 0 Å². The minimum absolute atomic E-state index is 0.171. The van der Waals surface area contributed by atoms with E-state index in [0.717, 1.165) is 0 Å². The topological polar surface area (TPSA) is 85.9 Å². The van der Waals surface area contributed by atoms with Gasteiger partial charge in [-0.15, -0.1) is 0 Å². The third-order valence-corrected chi connectivity index (χ3v) is 2.59. The van der Waals surface area contributed by atoms with Crippen LogP contribution in [-0.4, -0.2) is 38.5 Å². The highest BCUT2D eigenvalue weighted by Crippen LogP contribution is 2.32. The minimum Gasteiger partial charge on any atom is -0.454 e. The van der Waals surface area contributed by atoms with Crippen LogP contribution in [0.1, 0.15) is 17.3 Å². The number of ether oxygens (including phenoxy) is 3. The van der Waals surface area contributed by atoms with Gasteiger partial charge in [-0.3, -0.25) is 4.79 Å². The van der Waals surface area contributed by atoms with E-state index in [9.17, 15) is 9.59 Å². The number of carbonyl (C=O) groups is 2. The Labute approximate surface area is 116 Å². The van der Waals surface area contributed by atoms with Crippen molar-refractivity contribution in [3.63, 3.8) is 0 Å². The van der Waals surface area contributed by atoms with Crippen molar-refractivity contribution in [2.45, 2.75) is 6.92 Å². The molecule has 0 fully saturated rings. The number of rotatable bonds is 5. The molecule has 7 heteroatoms. The number of benzene rings is 1. The summed E-state index contributed by atoms with van der Waals surface area (Å²) >= 11 is 0. The van der Waals surface area contributed by atoms with Crippen molar-refractivity contribution >= 4 is 12.0 Å². The van der Waals surface area contributed by atoms with Crippen LogP contribution >= 0.6 is 0 Å². The monoisotopic (exact) mass is 280 g/mol. The van der Waals surface area contributed by atoms with Crippen LogP contribution in [0.3, 0.4) is 0 Å². The van der Waals surface area contributed by atoms with Crippen LogP contribution in [0.25, 0.3) is 0 Å². The van der Waals surface area contributed by atoms with Gasteiger partial charge in [-0.1, -0.05) is 0 Å². The van der Waals surface area contributed by atoms with Gasteiger partial charge in [0.15, 0.2) is 11.5 Å². The second-order valence-electron chi connectivity index (χ2n) is 3.97. The maximum Gasteiger partial charge on any atom is 0.407 e. The Hall–Kier alpha value is -2.44. The van der Waals surface area contributed by atoms with E-state index in [1.807, 2.05) is 0 Å². The Bertz CT molecular complexity index is 504. The molecular formula is C13H16N2O5. The molecule has 2 N–H and O–H groups in total. The molecule has 0 bridgehead atoms. The summed E-state index contributed by atoms with van der Waals surface area (Å²) in [5, 5.41) is 5.19. The van der Waals surface area contributed by atoms with Crippen LogP contribution in [0.2, 0.25) is 0 Å². The molecule has 1 aliphatic rings. The summed E-state index contributed by atoms with van der Waals surface area (Å²) < 4.78 is 15.1. The van der Waals surface area contributed by atoms with Crippen molar-refractivity contribution in [3.05, 3.63) is 23.8 Å². The molecule has 1 heterocycles. The molecule has 0 aliphatic carbocycles. The van der Waals surface area contributed by atoms with Gasteiger partial charge in [-0.25, -0.2) is 4.79 Å². The third-order valence-electron chi connectivity index (χ3n) is 2.59. The molecule has 1 aromatic rings. The Morgan fingerprint density at radius 2 is 1.95 bits per heavy atom. The molecule has 0 saturated heterocycles. The summed E-state index contributed by atoms with van der Waals surface area (Å²) in [6, 6.07) is 4.96. The fraction of sp³-hybridized carbons (Fsp3) is 0.385. The Kier molecular flexibility index (Phi) is 4.65. The molecular weight excluding hydrogens is 264 g/mol. The molecule has 1 aromatic carbocycles. The highest BCUT2D eigenvalue weighted by Gasteiger charge is 2.15. The normalized spacial score (nSPS) is 11.8. The van der Waals surface area contributed by atoms with Crippen molar-refractivity contribution in [2.75, 3.05) is 26.5 Å². The number of amides is 2. The predicted molar refractivity (Wildman–Crippen MR) is 69.9 cm³/mol. The Morgan fingerprint density at radius 3 is 2.75 bits per heavy atom. The summed E-state index contributed by atoms with van der Waals surface area (Å²) in [5.74, 6) is 0.946. The van der Waals surface area contributed by atoms with Gasteiger partial charge >= 0.3 is 6.09 Å². The minimum atomic E-state index is -0.496. The second kappa shape index (κ2) is 6.65. The molecule has 0 atom stereocenters. The first-order valence-corrected chi connectivity index (χ1v) is 6.29. The van der Waals surface area contributed by atoms with E-state index in [-0.39, 0.29) is 12.7 Å². The van der Waals surface area contributed by atoms with Crippen LogP contribution in [-0.2, 0) is 4.74 Å². The maximum absolute atomic E-state index is 11.9. The number of carbonyl (C=O) groups excluding carboxylic acids is 2. The van der Waals surface area contributed by atoms with Crippen LogP contribution in [0.5, 0.6) is 11.5 Å². The average Bonchev–Trinajstić information content (AvgIpc) is 2.91. The smallest absolute Gasteiger partial charge is 0.407 e. The summed E-state index contributed by atoms with van der Waals surface area (Å²) in [6.45, 7) is 2.82. The van der Waals surface area contributed by atoms with Gasteiger partial charge < -0.3 is 24.8 Å². The number of nitrogens with one attached hydrogen (secondary N) is 2. The van der Waals surface area contributed by atoms with E-state index in [4.69, 9.17) is 14.2 Å². The number of hydrogen-bond acceptors (Lipinski definition) is 5. The molecule has 0 radical (unpaired) electrons. The van der Waals surface area contributed by atoms with Gasteiger partial charge in [0.1, 0.15) is 0 Å². The summed E-state index contributed by atoms with van der Waals surface area (Å²) in [4.78, 5) is 22.9. The van der Waals surface area contributed by atoms with Crippen LogP contribution in [0, 0.1) is 0 Å². The highest BCUT2D eigenvalue weighted by molar-refractivity contribution is 5.94. The SMILES string of the molecule is CCOC(=O)NCCNC(=O)c1ccc2c(c1)OCO2. The molecule has 7 nitrogen and oxygen atoms in total. The van der Waals surface area contributed by atoms with E-state index < -0.39 is 6.09 Å². The van der Waals surface area contributed by atoms with Gasteiger partial charge in [0, 0.05) is 18.7 Å². The standard InChI is InChI=1S/C13H16N2O5/c1-2-18-13(17)15-6-5-14-12(16)9-3-4-10-11(7-9)20-8-19-10/h3-4,7H,2,5-6,8H2,1H3,(H,14,16)(H,15,17). The summed E-state index contributed by atoms with van der Waals surface area (Å²) in [5.41, 5.74) is 0.477. The van der Waals surface area contributed by atoms with Gasteiger partial charge in [-0.2, -0.15) is 0 Å². The molecule has 0 unspecified atom stereocenters. The Balaban J connectivity index is 1.76. The fourth-order valence-electron chi connectivity index (χ4n) is 1.66. The zero-order chi connectivity index (χ0) is 14.4. The van der Waals surface area contributed by atoms with Gasteiger partial charge in [0.2, 0.25) is 6.79 Å². The molecule has 0 saturated carbocycles. The summed E-state index contributed by atoms with van der Waals surface area (Å²) in [6.07, 6.45) is -0.496. The van der Waals surface area contributed by atoms with Gasteiger partial charge in [0.25, 0.3) is 5.91 Å². The predicted octanol–water partition coefficient (Wildman–Crippen LogP) is 0.891.